The van der Waals surface area contributed by atoms with E-state index in [-0.39, 0.29) is 23.7 Å². The Morgan fingerprint density at radius 1 is 1.26 bits per heavy atom. The van der Waals surface area contributed by atoms with E-state index in [1.807, 2.05) is 38.1 Å². The first kappa shape index (κ1) is 13.3. The topological polar surface area (TPSA) is 46.2 Å². The van der Waals surface area contributed by atoms with Gasteiger partial charge in [-0.2, -0.15) is 0 Å². The van der Waals surface area contributed by atoms with E-state index in [0.717, 1.165) is 0 Å². The lowest BCUT2D eigenvalue weighted by Crippen LogP contribution is -2.34. The van der Waals surface area contributed by atoms with Gasteiger partial charge in [0.1, 0.15) is 0 Å². The van der Waals surface area contributed by atoms with Crippen molar-refractivity contribution in [2.45, 2.75) is 19.9 Å². The van der Waals surface area contributed by atoms with E-state index in [1.54, 1.807) is 18.2 Å². The molecule has 0 spiro atoms. The molecule has 1 aliphatic carbocycles. The minimum absolute atomic E-state index is 0.0212. The summed E-state index contributed by atoms with van der Waals surface area (Å²) >= 11 is 0. The van der Waals surface area contributed by atoms with Crippen LogP contribution in [0.4, 0.5) is 0 Å². The van der Waals surface area contributed by atoms with Crippen LogP contribution in [0.3, 0.4) is 0 Å². The second-order valence-electron chi connectivity index (χ2n) is 4.91. The number of benzene rings is 1. The minimum Gasteiger partial charge on any atom is -0.342 e. The van der Waals surface area contributed by atoms with Gasteiger partial charge < -0.3 is 5.32 Å². The van der Waals surface area contributed by atoms with Gasteiger partial charge in [0.2, 0.25) is 0 Å². The number of carbonyl (C=O) groups excluding carboxylic acids is 2. The zero-order valence-electron chi connectivity index (χ0n) is 11.1. The average molecular weight is 255 g/mol. The van der Waals surface area contributed by atoms with Crippen molar-refractivity contribution in [3.05, 3.63) is 59.7 Å². The van der Waals surface area contributed by atoms with Crippen LogP contribution in [0.5, 0.6) is 0 Å². The lowest BCUT2D eigenvalue weighted by Gasteiger charge is -2.14. The van der Waals surface area contributed by atoms with E-state index >= 15 is 0 Å². The van der Waals surface area contributed by atoms with Crippen molar-refractivity contribution >= 4 is 11.7 Å². The number of carbonyl (C=O) groups is 2. The monoisotopic (exact) mass is 255 g/mol. The summed E-state index contributed by atoms with van der Waals surface area (Å²) in [7, 11) is 0. The van der Waals surface area contributed by atoms with Gasteiger partial charge in [-0.15, -0.1) is 0 Å². The van der Waals surface area contributed by atoms with Crippen LogP contribution >= 0.6 is 0 Å². The Morgan fingerprint density at radius 2 is 1.95 bits per heavy atom. The van der Waals surface area contributed by atoms with E-state index in [0.29, 0.717) is 11.1 Å². The van der Waals surface area contributed by atoms with Gasteiger partial charge in [-0.3, -0.25) is 9.59 Å². The van der Waals surface area contributed by atoms with Crippen LogP contribution in [0.15, 0.2) is 54.1 Å². The molecule has 19 heavy (non-hydrogen) atoms. The van der Waals surface area contributed by atoms with Crippen molar-refractivity contribution in [3.8, 4) is 0 Å². The van der Waals surface area contributed by atoms with E-state index in [9.17, 15) is 9.59 Å². The van der Waals surface area contributed by atoms with Crippen LogP contribution in [0.2, 0.25) is 0 Å². The summed E-state index contributed by atoms with van der Waals surface area (Å²) in [6, 6.07) is 8.68. The second-order valence-corrected chi connectivity index (χ2v) is 4.91. The quantitative estimate of drug-likeness (QED) is 0.843. The highest BCUT2D eigenvalue weighted by atomic mass is 16.2. The number of amides is 1. The summed E-state index contributed by atoms with van der Waals surface area (Å²) in [5.74, 6) is 0.0849. The summed E-state index contributed by atoms with van der Waals surface area (Å²) < 4.78 is 0. The molecule has 0 aliphatic heterocycles. The first-order chi connectivity index (χ1) is 9.08. The molecule has 0 bridgehead atoms. The molecule has 1 unspecified atom stereocenters. The minimum atomic E-state index is -0.317. The van der Waals surface area contributed by atoms with Crippen molar-refractivity contribution in [1.29, 1.82) is 0 Å². The summed E-state index contributed by atoms with van der Waals surface area (Å²) in [5, 5.41) is 2.87. The van der Waals surface area contributed by atoms with Gasteiger partial charge in [0.05, 0.1) is 6.04 Å². The van der Waals surface area contributed by atoms with Crippen molar-refractivity contribution in [2.24, 2.45) is 5.92 Å². The number of ketones is 1. The molecule has 0 aromatic heterocycles. The molecule has 1 amide bonds. The molecule has 0 saturated carbocycles. The van der Waals surface area contributed by atoms with E-state index in [1.165, 1.54) is 6.08 Å². The molecule has 1 atom stereocenters. The van der Waals surface area contributed by atoms with E-state index < -0.39 is 0 Å². The number of allylic oxidation sites excluding steroid dienone is 2. The maximum atomic E-state index is 12.1. The largest absolute Gasteiger partial charge is 0.342 e. The normalized spacial score (nSPS) is 20.3. The summed E-state index contributed by atoms with van der Waals surface area (Å²) in [6.07, 6.45) is 5.15. The van der Waals surface area contributed by atoms with Crippen LogP contribution in [-0.4, -0.2) is 17.7 Å². The SMILES string of the molecule is CC(C)/C=C1\C(=O)C=CC1NC(=O)c1ccccc1. The molecule has 0 heterocycles. The average Bonchev–Trinajstić information content (AvgIpc) is 2.72. The van der Waals surface area contributed by atoms with E-state index in [4.69, 9.17) is 0 Å². The molecule has 98 valence electrons. The van der Waals surface area contributed by atoms with Crippen molar-refractivity contribution < 1.29 is 9.59 Å². The molecule has 0 saturated heterocycles. The second kappa shape index (κ2) is 5.65. The predicted octanol–water partition coefficient (Wildman–Crippen LogP) is 2.51. The summed E-state index contributed by atoms with van der Waals surface area (Å²) in [6.45, 7) is 4.02. The zero-order valence-corrected chi connectivity index (χ0v) is 11.1. The van der Waals surface area contributed by atoms with E-state index in [2.05, 4.69) is 5.32 Å². The zero-order chi connectivity index (χ0) is 13.8. The Bertz CT molecular complexity index is 541. The van der Waals surface area contributed by atoms with Crippen LogP contribution in [0.1, 0.15) is 24.2 Å². The number of hydrogen-bond acceptors (Lipinski definition) is 2. The molecule has 1 aromatic carbocycles. The first-order valence-electron chi connectivity index (χ1n) is 6.38. The molecule has 2 rings (SSSR count). The fourth-order valence-corrected chi connectivity index (χ4v) is 2.02. The predicted molar refractivity (Wildman–Crippen MR) is 74.8 cm³/mol. The smallest absolute Gasteiger partial charge is 0.252 e. The highest BCUT2D eigenvalue weighted by Crippen LogP contribution is 2.17. The Balaban J connectivity index is 2.13. The van der Waals surface area contributed by atoms with Gasteiger partial charge >= 0.3 is 0 Å². The van der Waals surface area contributed by atoms with Crippen molar-refractivity contribution in [2.75, 3.05) is 0 Å². The highest BCUT2D eigenvalue weighted by molar-refractivity contribution is 6.09. The third kappa shape index (κ3) is 3.19. The molecule has 1 aromatic rings. The summed E-state index contributed by atoms with van der Waals surface area (Å²) in [5.41, 5.74) is 1.25. The molecule has 0 radical (unpaired) electrons. The highest BCUT2D eigenvalue weighted by Gasteiger charge is 2.24. The number of nitrogens with one attached hydrogen (secondary N) is 1. The maximum Gasteiger partial charge on any atom is 0.252 e. The van der Waals surface area contributed by atoms with Gasteiger partial charge in [-0.1, -0.05) is 44.2 Å². The first-order valence-corrected chi connectivity index (χ1v) is 6.38. The molecule has 0 fully saturated rings. The Labute approximate surface area is 113 Å². The molecular formula is C16H17NO2. The van der Waals surface area contributed by atoms with Gasteiger partial charge in [0.15, 0.2) is 5.78 Å². The lowest BCUT2D eigenvalue weighted by molar-refractivity contribution is -0.111. The molecule has 3 nitrogen and oxygen atoms in total. The van der Waals surface area contributed by atoms with Crippen LogP contribution < -0.4 is 5.32 Å². The van der Waals surface area contributed by atoms with Gasteiger partial charge in [0, 0.05) is 11.1 Å². The molecule has 3 heteroatoms. The Hall–Kier alpha value is -2.16. The number of hydrogen-bond donors (Lipinski definition) is 1. The van der Waals surface area contributed by atoms with Gasteiger partial charge in [-0.25, -0.2) is 0 Å². The van der Waals surface area contributed by atoms with Crippen molar-refractivity contribution in [3.63, 3.8) is 0 Å². The van der Waals surface area contributed by atoms with Crippen LogP contribution in [0.25, 0.3) is 0 Å². The maximum absolute atomic E-state index is 12.1. The molecule has 1 aliphatic rings. The third-order valence-electron chi connectivity index (χ3n) is 2.90. The third-order valence-corrected chi connectivity index (χ3v) is 2.90. The molecule has 1 N–H and O–H groups in total. The Kier molecular flexibility index (Phi) is 3.95. The van der Waals surface area contributed by atoms with Crippen LogP contribution in [0, 0.1) is 5.92 Å². The van der Waals surface area contributed by atoms with Crippen molar-refractivity contribution in [1.82, 2.24) is 5.32 Å². The Morgan fingerprint density at radius 3 is 2.58 bits per heavy atom. The molecular weight excluding hydrogens is 238 g/mol. The standard InChI is InChI=1S/C16H17NO2/c1-11(2)10-13-14(8-9-15(13)18)17-16(19)12-6-4-3-5-7-12/h3-11,14H,1-2H3,(H,17,19)/b13-10-. The fourth-order valence-electron chi connectivity index (χ4n) is 2.02. The summed E-state index contributed by atoms with van der Waals surface area (Å²) in [4.78, 5) is 23.8. The van der Waals surface area contributed by atoms with Crippen LogP contribution in [-0.2, 0) is 4.79 Å². The van der Waals surface area contributed by atoms with Gasteiger partial charge in [-0.05, 0) is 24.1 Å². The van der Waals surface area contributed by atoms with Gasteiger partial charge in [0.25, 0.3) is 5.91 Å². The lowest BCUT2D eigenvalue weighted by atomic mass is 10.0. The fraction of sp³-hybridized carbons (Fsp3) is 0.250. The number of rotatable bonds is 3.